The molecular formula is C18H29N3O6. The van der Waals surface area contributed by atoms with Crippen LogP contribution < -0.4 is 5.43 Å². The van der Waals surface area contributed by atoms with E-state index in [-0.39, 0.29) is 6.10 Å². The number of ether oxygens (including phenoxy) is 6. The summed E-state index contributed by atoms with van der Waals surface area (Å²) in [5, 5.41) is 6.48. The SMILES string of the molecule is C1=C(CCOCC2CO2)NN(CCOCC2CO2)N=C1CCOCC1CO1. The van der Waals surface area contributed by atoms with E-state index in [1.54, 1.807) is 0 Å². The first kappa shape index (κ1) is 19.1. The number of hydrazone groups is 1. The van der Waals surface area contributed by atoms with Gasteiger partial charge in [0.2, 0.25) is 0 Å². The Kier molecular flexibility index (Phi) is 6.94. The van der Waals surface area contributed by atoms with E-state index in [1.807, 2.05) is 5.12 Å². The minimum Gasteiger partial charge on any atom is -0.378 e. The lowest BCUT2D eigenvalue weighted by molar-refractivity contribution is 0.0759. The van der Waals surface area contributed by atoms with Crippen molar-refractivity contribution in [2.45, 2.75) is 31.2 Å². The minimum atomic E-state index is 0.286. The predicted octanol–water partition coefficient (Wildman–Crippen LogP) is 0.0729. The van der Waals surface area contributed by atoms with E-state index < -0.39 is 0 Å². The number of nitrogens with zero attached hydrogens (tertiary/aromatic N) is 2. The third-order valence-electron chi connectivity index (χ3n) is 4.45. The fourth-order valence-electron chi connectivity index (χ4n) is 2.61. The Hall–Kier alpha value is -1.23. The molecule has 3 unspecified atom stereocenters. The number of epoxide rings is 3. The Morgan fingerprint density at radius 3 is 2.04 bits per heavy atom. The molecule has 1 N–H and O–H groups in total. The van der Waals surface area contributed by atoms with Gasteiger partial charge >= 0.3 is 0 Å². The summed E-state index contributed by atoms with van der Waals surface area (Å²) in [4.78, 5) is 0. The van der Waals surface area contributed by atoms with Crippen molar-refractivity contribution < 1.29 is 28.4 Å². The summed E-state index contributed by atoms with van der Waals surface area (Å²) in [7, 11) is 0. The molecule has 4 aliphatic rings. The summed E-state index contributed by atoms with van der Waals surface area (Å²) >= 11 is 0. The number of rotatable bonds is 15. The van der Waals surface area contributed by atoms with Gasteiger partial charge in [-0.3, -0.25) is 5.43 Å². The highest BCUT2D eigenvalue weighted by atomic mass is 16.6. The smallest absolute Gasteiger partial charge is 0.104 e. The maximum Gasteiger partial charge on any atom is 0.104 e. The standard InChI is InChI=1S/C18H29N3O6/c1(4-22-8-16-11-25-16)14-7-15(2-5-23-9-17-12-26-17)20-21(19-14)3-6-24-10-18-13-27-18/h7,16-19H,1-6,8-13H2. The van der Waals surface area contributed by atoms with Crippen LogP contribution in [0.1, 0.15) is 12.8 Å². The van der Waals surface area contributed by atoms with Crippen molar-refractivity contribution in [3.8, 4) is 0 Å². The molecule has 0 aromatic heterocycles. The number of nitrogens with one attached hydrogen (secondary N) is 1. The monoisotopic (exact) mass is 383 g/mol. The van der Waals surface area contributed by atoms with E-state index >= 15 is 0 Å². The lowest BCUT2D eigenvalue weighted by atomic mass is 10.2. The molecule has 0 amide bonds. The number of allylic oxidation sites excluding steroid dienone is 1. The summed E-state index contributed by atoms with van der Waals surface area (Å²) in [6.45, 7) is 7.02. The average molecular weight is 383 g/mol. The van der Waals surface area contributed by atoms with Crippen molar-refractivity contribution in [3.05, 3.63) is 11.8 Å². The highest BCUT2D eigenvalue weighted by Crippen LogP contribution is 2.13. The van der Waals surface area contributed by atoms with Crippen molar-refractivity contribution in [1.82, 2.24) is 10.5 Å². The van der Waals surface area contributed by atoms with E-state index in [4.69, 9.17) is 28.4 Å². The Bertz CT molecular complexity index is 531. The molecule has 0 bridgehead atoms. The van der Waals surface area contributed by atoms with Crippen molar-refractivity contribution >= 4 is 5.71 Å². The maximum absolute atomic E-state index is 5.65. The second kappa shape index (κ2) is 9.81. The van der Waals surface area contributed by atoms with Gasteiger partial charge < -0.3 is 28.4 Å². The quantitative estimate of drug-likeness (QED) is 0.314. The Labute approximate surface area is 159 Å². The summed E-state index contributed by atoms with van der Waals surface area (Å²) in [5.41, 5.74) is 5.42. The molecule has 0 radical (unpaired) electrons. The third-order valence-corrected chi connectivity index (χ3v) is 4.45. The molecule has 4 heterocycles. The van der Waals surface area contributed by atoms with Gasteiger partial charge in [0, 0.05) is 18.5 Å². The number of hydrogen-bond donors (Lipinski definition) is 1. The Balaban J connectivity index is 1.19. The van der Waals surface area contributed by atoms with E-state index in [1.165, 1.54) is 0 Å². The topological polar surface area (TPSA) is 92.9 Å². The molecule has 3 fully saturated rings. The molecule has 4 rings (SSSR count). The minimum absolute atomic E-state index is 0.286. The van der Waals surface area contributed by atoms with Crippen LogP contribution in [0.5, 0.6) is 0 Å². The molecular weight excluding hydrogens is 354 g/mol. The molecule has 9 heteroatoms. The summed E-state index contributed by atoms with van der Waals surface area (Å²) in [6.07, 6.45) is 4.53. The molecule has 0 aromatic rings. The summed E-state index contributed by atoms with van der Waals surface area (Å²) < 4.78 is 32.4. The Morgan fingerprint density at radius 1 is 0.889 bits per heavy atom. The van der Waals surface area contributed by atoms with Gasteiger partial charge in [0.15, 0.2) is 0 Å². The second-order valence-electron chi connectivity index (χ2n) is 7.09. The Morgan fingerprint density at radius 2 is 1.44 bits per heavy atom. The first-order valence-corrected chi connectivity index (χ1v) is 9.75. The van der Waals surface area contributed by atoms with Gasteiger partial charge in [-0.05, 0) is 6.08 Å². The largest absolute Gasteiger partial charge is 0.378 e. The van der Waals surface area contributed by atoms with Crippen LogP contribution in [0.15, 0.2) is 16.9 Å². The van der Waals surface area contributed by atoms with Crippen LogP contribution >= 0.6 is 0 Å². The highest BCUT2D eigenvalue weighted by molar-refractivity contribution is 5.95. The molecule has 0 spiro atoms. The predicted molar refractivity (Wildman–Crippen MR) is 96.3 cm³/mol. The van der Waals surface area contributed by atoms with Crippen LogP contribution in [-0.4, -0.2) is 95.1 Å². The first-order chi connectivity index (χ1) is 13.3. The zero-order chi connectivity index (χ0) is 18.3. The summed E-state index contributed by atoms with van der Waals surface area (Å²) in [6, 6.07) is 0. The molecule has 152 valence electrons. The summed E-state index contributed by atoms with van der Waals surface area (Å²) in [5.74, 6) is 0. The van der Waals surface area contributed by atoms with Gasteiger partial charge in [0.05, 0.1) is 71.7 Å². The molecule has 4 aliphatic heterocycles. The molecule has 0 aliphatic carbocycles. The van der Waals surface area contributed by atoms with Crippen LogP contribution in [0.4, 0.5) is 0 Å². The third kappa shape index (κ3) is 7.73. The highest BCUT2D eigenvalue weighted by Gasteiger charge is 2.24. The fraction of sp³-hybridized carbons (Fsp3) is 0.833. The molecule has 27 heavy (non-hydrogen) atoms. The lowest BCUT2D eigenvalue weighted by Gasteiger charge is -2.27. The average Bonchev–Trinajstić information content (AvgIpc) is 3.53. The molecule has 0 saturated carbocycles. The number of hydrazine groups is 1. The van der Waals surface area contributed by atoms with E-state index in [0.717, 1.165) is 44.1 Å². The molecule has 3 saturated heterocycles. The molecule has 0 aromatic carbocycles. The van der Waals surface area contributed by atoms with Gasteiger partial charge in [-0.1, -0.05) is 0 Å². The second-order valence-corrected chi connectivity index (χ2v) is 7.09. The van der Waals surface area contributed by atoms with Gasteiger partial charge in [0.1, 0.15) is 18.3 Å². The van der Waals surface area contributed by atoms with E-state index in [0.29, 0.717) is 58.4 Å². The normalized spacial score (nSPS) is 28.4. The van der Waals surface area contributed by atoms with Crippen LogP contribution in [0, 0.1) is 0 Å². The maximum atomic E-state index is 5.65. The fourth-order valence-corrected chi connectivity index (χ4v) is 2.61. The zero-order valence-corrected chi connectivity index (χ0v) is 15.6. The van der Waals surface area contributed by atoms with Crippen LogP contribution in [0.2, 0.25) is 0 Å². The zero-order valence-electron chi connectivity index (χ0n) is 15.6. The number of hydrogen-bond acceptors (Lipinski definition) is 9. The van der Waals surface area contributed by atoms with Gasteiger partial charge in [0.25, 0.3) is 0 Å². The van der Waals surface area contributed by atoms with Gasteiger partial charge in [-0.25, -0.2) is 5.12 Å². The molecule has 9 nitrogen and oxygen atoms in total. The van der Waals surface area contributed by atoms with Gasteiger partial charge in [-0.2, -0.15) is 5.10 Å². The van der Waals surface area contributed by atoms with Crippen molar-refractivity contribution in [3.63, 3.8) is 0 Å². The molecule has 3 atom stereocenters. The lowest BCUT2D eigenvalue weighted by Crippen LogP contribution is -2.39. The van der Waals surface area contributed by atoms with Crippen LogP contribution in [-0.2, 0) is 28.4 Å². The van der Waals surface area contributed by atoms with Crippen LogP contribution in [0.25, 0.3) is 0 Å². The van der Waals surface area contributed by atoms with Crippen molar-refractivity contribution in [1.29, 1.82) is 0 Å². The first-order valence-electron chi connectivity index (χ1n) is 9.75. The van der Waals surface area contributed by atoms with E-state index in [9.17, 15) is 0 Å². The van der Waals surface area contributed by atoms with E-state index in [2.05, 4.69) is 16.6 Å². The van der Waals surface area contributed by atoms with Crippen molar-refractivity contribution in [2.24, 2.45) is 5.10 Å². The van der Waals surface area contributed by atoms with Gasteiger partial charge in [-0.15, -0.1) is 0 Å². The van der Waals surface area contributed by atoms with Crippen LogP contribution in [0.3, 0.4) is 0 Å². The van der Waals surface area contributed by atoms with Crippen molar-refractivity contribution in [2.75, 3.05) is 66.0 Å².